The van der Waals surface area contributed by atoms with Crippen molar-refractivity contribution < 1.29 is 9.59 Å². The molecule has 144 valence electrons. The van der Waals surface area contributed by atoms with Crippen LogP contribution < -0.4 is 10.2 Å². The van der Waals surface area contributed by atoms with E-state index in [-0.39, 0.29) is 12.4 Å². The zero-order valence-corrected chi connectivity index (χ0v) is 17.2. The van der Waals surface area contributed by atoms with Gasteiger partial charge in [-0.15, -0.1) is 12.4 Å². The average molecular weight is 439 g/mol. The summed E-state index contributed by atoms with van der Waals surface area (Å²) in [5.41, 5.74) is 0. The first-order valence-corrected chi connectivity index (χ1v) is 9.75. The molecule has 0 bridgehead atoms. The number of hydrogen-bond donors (Lipinski definition) is 1. The lowest BCUT2D eigenvalue weighted by Crippen LogP contribution is -2.33. The molecule has 0 amide bonds. The summed E-state index contributed by atoms with van der Waals surface area (Å²) in [6, 6.07) is 0. The van der Waals surface area contributed by atoms with E-state index >= 15 is 0 Å². The summed E-state index contributed by atoms with van der Waals surface area (Å²) in [6.45, 7) is 3.37. The van der Waals surface area contributed by atoms with Crippen molar-refractivity contribution in [2.24, 2.45) is 0 Å². The van der Waals surface area contributed by atoms with Gasteiger partial charge in [-0.1, -0.05) is 0 Å². The van der Waals surface area contributed by atoms with Crippen LogP contribution in [0.3, 0.4) is 0 Å². The molecule has 2 aromatic rings. The van der Waals surface area contributed by atoms with Crippen molar-refractivity contribution in [2.75, 3.05) is 31.1 Å². The molecule has 26 heavy (non-hydrogen) atoms. The Kier molecular flexibility index (Phi) is 11.5. The molecule has 0 saturated carbocycles. The quantitative estimate of drug-likeness (QED) is 0.722. The van der Waals surface area contributed by atoms with Gasteiger partial charge < -0.3 is 10.2 Å². The highest BCUT2D eigenvalue weighted by molar-refractivity contribution is 7.10. The summed E-state index contributed by atoms with van der Waals surface area (Å²) >= 11 is 7.87. The molecule has 2 aliphatic heterocycles. The van der Waals surface area contributed by atoms with Crippen molar-refractivity contribution in [1.82, 2.24) is 24.0 Å². The zero-order valence-electron chi connectivity index (χ0n) is 14.0. The molecule has 2 fully saturated rings. The second-order valence-corrected chi connectivity index (χ2v) is 7.35. The largest absolute Gasteiger partial charge is 0.346 e. The molecule has 4 heterocycles. The van der Waals surface area contributed by atoms with Gasteiger partial charge in [0.2, 0.25) is 9.60 Å². The Labute approximate surface area is 171 Å². The number of aromatic nitrogens is 4. The smallest absolute Gasteiger partial charge is 0.204 e. The van der Waals surface area contributed by atoms with Crippen LogP contribution in [0.1, 0.15) is 25.7 Å². The maximum absolute atomic E-state index is 10.9. The molecular weight excluding hydrogens is 419 g/mol. The number of nitrogens with one attached hydrogen (secondary N) is 1. The van der Waals surface area contributed by atoms with Gasteiger partial charge in [0.1, 0.15) is 24.2 Å². The molecule has 0 unspecified atom stereocenters. The number of ketones is 2. The monoisotopic (exact) mass is 438 g/mol. The Morgan fingerprint density at radius 1 is 0.923 bits per heavy atom. The van der Waals surface area contributed by atoms with Crippen molar-refractivity contribution in [2.45, 2.75) is 25.7 Å². The molecule has 12 heteroatoms. The SMILES string of the molecule is Cl.Clc1ncns1.O=C1CCN(c2ncns2)CC1.O=C1CCNCC1. The third kappa shape index (κ3) is 8.95. The topological polar surface area (TPSA) is 101 Å². The fraction of sp³-hybridized carbons (Fsp3) is 0.571. The fourth-order valence-corrected chi connectivity index (χ4v) is 3.14. The number of anilines is 1. The van der Waals surface area contributed by atoms with Crippen LogP contribution in [0.5, 0.6) is 0 Å². The molecule has 1 N–H and O–H groups in total. The molecule has 0 radical (unpaired) electrons. The molecule has 2 aliphatic rings. The van der Waals surface area contributed by atoms with Crippen LogP contribution in [0.25, 0.3) is 0 Å². The first kappa shape index (κ1) is 22.8. The maximum Gasteiger partial charge on any atom is 0.204 e. The number of carbonyl (C=O) groups is 2. The first-order valence-electron chi connectivity index (χ1n) is 7.83. The molecular formula is C14H20Cl2N6O2S2. The van der Waals surface area contributed by atoms with Crippen molar-refractivity contribution >= 4 is 63.8 Å². The summed E-state index contributed by atoms with van der Waals surface area (Å²) in [5, 5.41) is 4.03. The van der Waals surface area contributed by atoms with Crippen LogP contribution in [0.15, 0.2) is 12.7 Å². The van der Waals surface area contributed by atoms with Gasteiger partial charge in [0, 0.05) is 63.4 Å². The average Bonchev–Trinajstić information content (AvgIpc) is 3.31. The Bertz CT molecular complexity index is 624. The van der Waals surface area contributed by atoms with E-state index in [1.807, 2.05) is 0 Å². The highest BCUT2D eigenvalue weighted by Gasteiger charge is 2.17. The third-order valence-electron chi connectivity index (χ3n) is 3.44. The first-order chi connectivity index (χ1) is 12.1. The van der Waals surface area contributed by atoms with Gasteiger partial charge in [-0.05, 0) is 23.1 Å². The predicted molar refractivity (Wildman–Crippen MR) is 106 cm³/mol. The molecule has 0 spiro atoms. The van der Waals surface area contributed by atoms with Gasteiger partial charge in [-0.3, -0.25) is 9.59 Å². The lowest BCUT2D eigenvalue weighted by atomic mass is 10.1. The third-order valence-corrected chi connectivity index (χ3v) is 4.92. The van der Waals surface area contributed by atoms with Gasteiger partial charge in [0.05, 0.1) is 0 Å². The fourth-order valence-electron chi connectivity index (χ4n) is 2.12. The summed E-state index contributed by atoms with van der Waals surface area (Å²) in [4.78, 5) is 31.1. The van der Waals surface area contributed by atoms with E-state index < -0.39 is 0 Å². The minimum Gasteiger partial charge on any atom is -0.346 e. The number of halogens is 2. The molecule has 2 aromatic heterocycles. The second kappa shape index (κ2) is 13.0. The van der Waals surface area contributed by atoms with E-state index in [1.165, 1.54) is 29.4 Å². The molecule has 0 aromatic carbocycles. The number of rotatable bonds is 1. The van der Waals surface area contributed by atoms with E-state index in [1.54, 1.807) is 6.33 Å². The number of hydrogen-bond acceptors (Lipinski definition) is 10. The Hall–Kier alpha value is -1.20. The van der Waals surface area contributed by atoms with Gasteiger partial charge in [-0.25, -0.2) is 9.97 Å². The van der Waals surface area contributed by atoms with E-state index in [2.05, 4.69) is 28.9 Å². The maximum atomic E-state index is 10.9. The molecule has 4 rings (SSSR count). The Morgan fingerprint density at radius 3 is 1.88 bits per heavy atom. The van der Waals surface area contributed by atoms with Crippen LogP contribution >= 0.6 is 47.1 Å². The van der Waals surface area contributed by atoms with Crippen LogP contribution in [0.4, 0.5) is 5.13 Å². The van der Waals surface area contributed by atoms with Crippen LogP contribution in [-0.2, 0) is 9.59 Å². The predicted octanol–water partition coefficient (Wildman–Crippen LogP) is 2.26. The Morgan fingerprint density at radius 2 is 1.50 bits per heavy atom. The molecule has 2 saturated heterocycles. The highest BCUT2D eigenvalue weighted by atomic mass is 35.5. The standard InChI is InChI=1S/C7H9N3OS.C5H9NO.C2HClN2S.ClH/c11-6-1-3-10(4-2-6)7-8-5-9-12-7;7-5-1-3-6-4-2-5;3-2-4-1-5-6-2;/h5H,1-4H2;6H,1-4H2;1H;1H. The van der Waals surface area contributed by atoms with Crippen molar-refractivity contribution in [1.29, 1.82) is 0 Å². The number of Topliss-reactive ketones (excluding diaryl/α,β-unsaturated/α-hetero) is 2. The normalized spacial score (nSPS) is 16.6. The summed E-state index contributed by atoms with van der Waals surface area (Å²) in [6.07, 6.45) is 5.75. The van der Waals surface area contributed by atoms with Crippen LogP contribution in [0.2, 0.25) is 4.47 Å². The molecule has 8 nitrogen and oxygen atoms in total. The highest BCUT2D eigenvalue weighted by Crippen LogP contribution is 2.18. The van der Waals surface area contributed by atoms with E-state index in [0.717, 1.165) is 44.2 Å². The minimum atomic E-state index is 0. The number of nitrogens with zero attached hydrogens (tertiary/aromatic N) is 5. The second-order valence-electron chi connectivity index (χ2n) is 5.23. The van der Waals surface area contributed by atoms with Gasteiger partial charge in [0.25, 0.3) is 0 Å². The number of piperidine rings is 2. The zero-order chi connectivity index (χ0) is 17.9. The van der Waals surface area contributed by atoms with Gasteiger partial charge in [0.15, 0.2) is 0 Å². The summed E-state index contributed by atoms with van der Waals surface area (Å²) < 4.78 is 8.04. The summed E-state index contributed by atoms with van der Waals surface area (Å²) in [5.74, 6) is 0.759. The van der Waals surface area contributed by atoms with E-state index in [9.17, 15) is 9.59 Å². The lowest BCUT2D eigenvalue weighted by molar-refractivity contribution is -0.120. The van der Waals surface area contributed by atoms with Crippen molar-refractivity contribution in [3.05, 3.63) is 17.1 Å². The van der Waals surface area contributed by atoms with E-state index in [0.29, 0.717) is 28.9 Å². The van der Waals surface area contributed by atoms with Crippen LogP contribution in [-0.4, -0.2) is 56.5 Å². The number of carbonyl (C=O) groups excluding carboxylic acids is 2. The molecule has 0 atom stereocenters. The van der Waals surface area contributed by atoms with Crippen molar-refractivity contribution in [3.63, 3.8) is 0 Å². The van der Waals surface area contributed by atoms with Crippen LogP contribution in [0, 0.1) is 0 Å². The van der Waals surface area contributed by atoms with Gasteiger partial charge >= 0.3 is 0 Å². The van der Waals surface area contributed by atoms with Crippen molar-refractivity contribution in [3.8, 4) is 0 Å². The minimum absolute atomic E-state index is 0. The van der Waals surface area contributed by atoms with Gasteiger partial charge in [-0.2, -0.15) is 8.75 Å². The lowest BCUT2D eigenvalue weighted by Gasteiger charge is -2.24. The van der Waals surface area contributed by atoms with E-state index in [4.69, 9.17) is 11.6 Å². The molecule has 0 aliphatic carbocycles. The summed E-state index contributed by atoms with van der Waals surface area (Å²) in [7, 11) is 0. The Balaban J connectivity index is 0.000000208.